The van der Waals surface area contributed by atoms with Crippen LogP contribution in [0, 0.1) is 11.8 Å². The number of carbonyl (C=O) groups excluding carboxylic acids is 2. The normalized spacial score (nSPS) is 23.4. The number of aromatic nitrogens is 1. The first kappa shape index (κ1) is 43.6. The molecule has 13 nitrogen and oxygen atoms in total. The molecule has 1 amide bonds. The van der Waals surface area contributed by atoms with E-state index in [4.69, 9.17) is 33.2 Å². The third-order valence-corrected chi connectivity index (χ3v) is 13.6. The zero-order valence-electron chi connectivity index (χ0n) is 36.9. The van der Waals surface area contributed by atoms with Crippen LogP contribution in [0.4, 0.5) is 0 Å². The maximum absolute atomic E-state index is 15.4. The van der Waals surface area contributed by atoms with Gasteiger partial charge in [-0.1, -0.05) is 31.5 Å². The second-order valence-corrected chi connectivity index (χ2v) is 16.9. The highest BCUT2D eigenvalue weighted by Crippen LogP contribution is 2.50. The van der Waals surface area contributed by atoms with Crippen LogP contribution in [0.2, 0.25) is 0 Å². The molecule has 4 aromatic rings. The van der Waals surface area contributed by atoms with Gasteiger partial charge < -0.3 is 43.2 Å². The Morgan fingerprint density at radius 1 is 0.806 bits per heavy atom. The highest BCUT2D eigenvalue weighted by atomic mass is 16.7. The number of hydrogen-bond acceptors (Lipinski definition) is 11. The fraction of sp³-hybridized carbons (Fsp3) is 0.510. The lowest BCUT2D eigenvalue weighted by molar-refractivity contribution is -0.158. The minimum atomic E-state index is -0.753. The van der Waals surface area contributed by atoms with E-state index >= 15 is 4.79 Å². The molecule has 0 bridgehead atoms. The van der Waals surface area contributed by atoms with Crippen molar-refractivity contribution in [1.82, 2.24) is 14.4 Å². The van der Waals surface area contributed by atoms with Crippen molar-refractivity contribution in [2.75, 3.05) is 74.5 Å². The Morgan fingerprint density at radius 2 is 1.48 bits per heavy atom. The Morgan fingerprint density at radius 3 is 2.18 bits per heavy atom. The van der Waals surface area contributed by atoms with E-state index in [0.717, 1.165) is 77.9 Å². The zero-order valence-corrected chi connectivity index (χ0v) is 36.9. The van der Waals surface area contributed by atoms with Crippen molar-refractivity contribution in [3.8, 4) is 23.0 Å². The first-order valence-corrected chi connectivity index (χ1v) is 22.0. The van der Waals surface area contributed by atoms with Crippen LogP contribution in [0.15, 0.2) is 66.6 Å². The van der Waals surface area contributed by atoms with Crippen molar-refractivity contribution in [3.63, 3.8) is 0 Å². The summed E-state index contributed by atoms with van der Waals surface area (Å²) < 4.78 is 43.1. The Balaban J connectivity index is 1.16. The van der Waals surface area contributed by atoms with E-state index in [-0.39, 0.29) is 62.0 Å². The van der Waals surface area contributed by atoms with Gasteiger partial charge in [-0.05, 0) is 102 Å². The van der Waals surface area contributed by atoms with Crippen LogP contribution in [0.25, 0.3) is 10.9 Å². The third-order valence-electron chi connectivity index (χ3n) is 13.6. The quantitative estimate of drug-likeness (QED) is 0.122. The number of aliphatic hydroxyl groups is 1. The van der Waals surface area contributed by atoms with Crippen LogP contribution in [0.1, 0.15) is 90.1 Å². The molecule has 1 fully saturated rings. The Labute approximate surface area is 364 Å². The molecule has 4 aliphatic heterocycles. The van der Waals surface area contributed by atoms with E-state index in [1.807, 2.05) is 41.4 Å². The molecular weight excluding hydrogens is 791 g/mol. The van der Waals surface area contributed by atoms with Gasteiger partial charge >= 0.3 is 0 Å². The molecule has 0 saturated carbocycles. The van der Waals surface area contributed by atoms with Crippen LogP contribution in [0.5, 0.6) is 23.0 Å². The minimum absolute atomic E-state index is 0.0849. The molecular formula is C49H61N3O10. The standard InChI is InChI=1S/C49H61N3O10/c1-7-31-28-50-14-12-32-22-43(56-3)45(58-5)26-37(32)41(50)20-34(31)21-42-38-27-46(59-6)44(57-4)23-33(38)13-15-51(42)49(55)47-24-35(25-48(62-47)61-19-18-60-17-16-53)39-29-52(30(2)54)40-11-9-8-10-36(39)40/h8-11,22-24,26-27,29,31,34-35,41-42,48,53H,7,12-21,25,28H2,1-6H3/t31-,34+,35-,41-,42+,48+/m0/s1. The number of fused-ring (bicyclic) bond motifs is 5. The van der Waals surface area contributed by atoms with E-state index < -0.39 is 6.29 Å². The van der Waals surface area contributed by atoms with Crippen LogP contribution < -0.4 is 18.9 Å². The molecule has 8 rings (SSSR count). The van der Waals surface area contributed by atoms with Gasteiger partial charge in [-0.2, -0.15) is 0 Å². The third kappa shape index (κ3) is 8.52. The van der Waals surface area contributed by atoms with Gasteiger partial charge in [0.1, 0.15) is 0 Å². The highest BCUT2D eigenvalue weighted by molar-refractivity contribution is 5.95. The molecule has 4 aliphatic rings. The number of carbonyl (C=O) groups is 2. The topological polar surface area (TPSA) is 130 Å². The second-order valence-electron chi connectivity index (χ2n) is 16.9. The lowest BCUT2D eigenvalue weighted by Crippen LogP contribution is -2.48. The van der Waals surface area contributed by atoms with Crippen molar-refractivity contribution in [1.29, 1.82) is 0 Å². The van der Waals surface area contributed by atoms with Gasteiger partial charge in [0.15, 0.2) is 28.8 Å². The van der Waals surface area contributed by atoms with Gasteiger partial charge in [-0.25, -0.2) is 0 Å². The molecule has 6 atom stereocenters. The van der Waals surface area contributed by atoms with Gasteiger partial charge in [0.2, 0.25) is 12.2 Å². The minimum Gasteiger partial charge on any atom is -0.493 e. The average molecular weight is 852 g/mol. The van der Waals surface area contributed by atoms with E-state index in [2.05, 4.69) is 36.1 Å². The zero-order chi connectivity index (χ0) is 43.5. The summed E-state index contributed by atoms with van der Waals surface area (Å²) in [6.45, 7) is 6.89. The number of hydrogen-bond donors (Lipinski definition) is 1. The number of allylic oxidation sites excluding steroid dienone is 1. The van der Waals surface area contributed by atoms with Crippen molar-refractivity contribution >= 4 is 22.7 Å². The maximum Gasteiger partial charge on any atom is 0.289 e. The lowest BCUT2D eigenvalue weighted by Gasteiger charge is -2.49. The molecule has 3 aromatic carbocycles. The Bertz CT molecular complexity index is 2290. The predicted molar refractivity (Wildman–Crippen MR) is 234 cm³/mol. The molecule has 62 heavy (non-hydrogen) atoms. The summed E-state index contributed by atoms with van der Waals surface area (Å²) in [5, 5.41) is 10.2. The molecule has 1 saturated heterocycles. The first-order chi connectivity index (χ1) is 30.2. The molecule has 0 radical (unpaired) electrons. The molecule has 0 spiro atoms. The molecule has 332 valence electrons. The number of nitrogens with zero attached hydrogens (tertiary/aromatic N) is 3. The largest absolute Gasteiger partial charge is 0.493 e. The summed E-state index contributed by atoms with van der Waals surface area (Å²) in [6.07, 6.45) is 7.80. The molecule has 5 heterocycles. The highest BCUT2D eigenvalue weighted by Gasteiger charge is 2.43. The van der Waals surface area contributed by atoms with Gasteiger partial charge in [-0.3, -0.25) is 19.1 Å². The predicted octanol–water partition coefficient (Wildman–Crippen LogP) is 7.24. The van der Waals surface area contributed by atoms with Crippen molar-refractivity contribution in [2.24, 2.45) is 11.8 Å². The number of rotatable bonds is 15. The van der Waals surface area contributed by atoms with Crippen LogP contribution in [-0.2, 0) is 31.8 Å². The van der Waals surface area contributed by atoms with Crippen LogP contribution >= 0.6 is 0 Å². The fourth-order valence-electron chi connectivity index (χ4n) is 10.5. The number of aliphatic hydroxyl groups excluding tert-OH is 1. The van der Waals surface area contributed by atoms with Crippen LogP contribution in [0.3, 0.4) is 0 Å². The fourth-order valence-corrected chi connectivity index (χ4v) is 10.5. The summed E-state index contributed by atoms with van der Waals surface area (Å²) in [5.74, 6) is 3.15. The monoisotopic (exact) mass is 851 g/mol. The molecule has 13 heteroatoms. The SMILES string of the molecule is CC[C@H]1CN2CCc3cc(OC)c(OC)cc3[C@@H]2C[C@@H]1C[C@@H]1c2cc(OC)c(OC)cc2CCN1C(=O)C1=C[C@H](c2cn(C(C)=O)c3ccccc23)C[C@H](OCCOCCO)O1. The number of ether oxygens (including phenoxy) is 7. The van der Waals surface area contributed by atoms with Gasteiger partial charge in [0, 0.05) is 56.5 Å². The van der Waals surface area contributed by atoms with Crippen molar-refractivity contribution in [2.45, 2.75) is 76.7 Å². The smallest absolute Gasteiger partial charge is 0.289 e. The summed E-state index contributed by atoms with van der Waals surface area (Å²) in [7, 11) is 6.68. The number of piperidine rings is 1. The maximum atomic E-state index is 15.4. The number of amides is 1. The van der Waals surface area contributed by atoms with Crippen LogP contribution in [-0.4, -0.2) is 112 Å². The van der Waals surface area contributed by atoms with E-state index in [1.165, 1.54) is 11.1 Å². The molecule has 1 N–H and O–H groups in total. The van der Waals surface area contributed by atoms with Crippen molar-refractivity contribution < 1.29 is 47.9 Å². The summed E-state index contributed by atoms with van der Waals surface area (Å²) >= 11 is 0. The van der Waals surface area contributed by atoms with Gasteiger partial charge in [0.25, 0.3) is 5.91 Å². The van der Waals surface area contributed by atoms with E-state index in [9.17, 15) is 9.90 Å². The second kappa shape index (κ2) is 19.1. The molecule has 1 aromatic heterocycles. The average Bonchev–Trinajstić information content (AvgIpc) is 3.70. The Kier molecular flexibility index (Phi) is 13.4. The van der Waals surface area contributed by atoms with Gasteiger partial charge in [-0.15, -0.1) is 0 Å². The molecule has 0 aliphatic carbocycles. The lowest BCUT2D eigenvalue weighted by atomic mass is 9.72. The molecule has 0 unspecified atom stereocenters. The Hall–Kier alpha value is -5.08. The summed E-state index contributed by atoms with van der Waals surface area (Å²) in [4.78, 5) is 32.8. The van der Waals surface area contributed by atoms with Crippen molar-refractivity contribution in [3.05, 3.63) is 94.4 Å². The number of methoxy groups -OCH3 is 4. The van der Waals surface area contributed by atoms with Gasteiger partial charge in [0.05, 0.1) is 66.4 Å². The summed E-state index contributed by atoms with van der Waals surface area (Å²) in [6, 6.07) is 16.2. The summed E-state index contributed by atoms with van der Waals surface area (Å²) in [5.41, 5.74) is 6.52. The number of para-hydroxylation sites is 1. The van der Waals surface area contributed by atoms with E-state index in [0.29, 0.717) is 42.7 Å². The first-order valence-electron chi connectivity index (χ1n) is 22.0. The number of benzene rings is 3. The van der Waals surface area contributed by atoms with E-state index in [1.54, 1.807) is 39.9 Å².